The highest BCUT2D eigenvalue weighted by Gasteiger charge is 2.10. The zero-order chi connectivity index (χ0) is 15.7. The highest BCUT2D eigenvalue weighted by molar-refractivity contribution is 7.92. The molecule has 0 radical (unpaired) electrons. The largest absolute Gasteiger partial charge is 0.351 e. The van der Waals surface area contributed by atoms with Crippen LogP contribution in [0.15, 0.2) is 24.3 Å². The number of likely N-dealkylation sites (N-methyl/N-ethyl adjacent to an activating group) is 1. The minimum absolute atomic E-state index is 0.0616. The number of benzene rings is 1. The number of carbonyl (C=O) groups is 1. The lowest BCUT2D eigenvalue weighted by molar-refractivity contribution is 0.0954. The van der Waals surface area contributed by atoms with E-state index >= 15 is 0 Å². The molecule has 0 aliphatic heterocycles. The summed E-state index contributed by atoms with van der Waals surface area (Å²) in [4.78, 5) is 11.9. The lowest BCUT2D eigenvalue weighted by Gasteiger charge is -2.09. The van der Waals surface area contributed by atoms with Gasteiger partial charge in [0.2, 0.25) is 10.0 Å². The number of hydrogen-bond acceptors (Lipinski definition) is 4. The van der Waals surface area contributed by atoms with Gasteiger partial charge in [-0.05, 0) is 31.2 Å². The lowest BCUT2D eigenvalue weighted by atomic mass is 10.2. The Morgan fingerprint density at radius 3 is 2.62 bits per heavy atom. The first-order valence-corrected chi connectivity index (χ1v) is 8.73. The van der Waals surface area contributed by atoms with Gasteiger partial charge in [0, 0.05) is 24.3 Å². The molecule has 0 saturated carbocycles. The van der Waals surface area contributed by atoms with E-state index in [2.05, 4.69) is 15.4 Å². The molecule has 1 amide bonds. The summed E-state index contributed by atoms with van der Waals surface area (Å²) in [6.07, 6.45) is 0.542. The molecule has 0 heterocycles. The zero-order valence-electron chi connectivity index (χ0n) is 12.5. The Bertz CT molecular complexity index is 558. The Morgan fingerprint density at radius 1 is 1.19 bits per heavy atom. The highest BCUT2D eigenvalue weighted by atomic mass is 32.2. The molecule has 0 aliphatic carbocycles. The van der Waals surface area contributed by atoms with Gasteiger partial charge in [-0.15, -0.1) is 0 Å². The smallest absolute Gasteiger partial charge is 0.251 e. The van der Waals surface area contributed by atoms with E-state index in [4.69, 9.17) is 0 Å². The molecule has 0 saturated heterocycles. The molecular weight excluding hydrogens is 290 g/mol. The third kappa shape index (κ3) is 6.59. The number of hydrogen-bond donors (Lipinski definition) is 3. The van der Waals surface area contributed by atoms with E-state index in [0.29, 0.717) is 30.8 Å². The summed E-state index contributed by atoms with van der Waals surface area (Å²) in [6.45, 7) is 5.87. The Kier molecular flexibility index (Phi) is 7.18. The molecular formula is C14H23N3O3S. The average molecular weight is 313 g/mol. The van der Waals surface area contributed by atoms with Crippen molar-refractivity contribution in [2.24, 2.45) is 0 Å². The predicted octanol–water partition coefficient (Wildman–Crippen LogP) is 1.18. The molecule has 21 heavy (non-hydrogen) atoms. The standard InChI is InChI=1S/C14H23N3O3S/c1-3-10-21(19,20)17-13-7-5-6-12(11-13)14(18)16-9-8-15-4-2/h5-7,11,15,17H,3-4,8-10H2,1-2H3,(H,16,18). The third-order valence-electron chi connectivity index (χ3n) is 2.71. The number of sulfonamides is 1. The van der Waals surface area contributed by atoms with E-state index in [9.17, 15) is 13.2 Å². The van der Waals surface area contributed by atoms with Gasteiger partial charge in [-0.25, -0.2) is 8.42 Å². The molecule has 0 fully saturated rings. The molecule has 0 atom stereocenters. The molecule has 118 valence electrons. The quantitative estimate of drug-likeness (QED) is 0.597. The van der Waals surface area contributed by atoms with Crippen LogP contribution in [0.1, 0.15) is 30.6 Å². The summed E-state index contributed by atoms with van der Waals surface area (Å²) in [5.41, 5.74) is 0.839. The topological polar surface area (TPSA) is 87.3 Å². The van der Waals surface area contributed by atoms with Gasteiger partial charge in [0.15, 0.2) is 0 Å². The van der Waals surface area contributed by atoms with Gasteiger partial charge in [0.25, 0.3) is 5.91 Å². The Morgan fingerprint density at radius 2 is 1.95 bits per heavy atom. The van der Waals surface area contributed by atoms with Crippen LogP contribution >= 0.6 is 0 Å². The van der Waals surface area contributed by atoms with Crippen LogP contribution in [0.25, 0.3) is 0 Å². The molecule has 1 aromatic rings. The van der Waals surface area contributed by atoms with Crippen molar-refractivity contribution in [3.8, 4) is 0 Å². The summed E-state index contributed by atoms with van der Waals surface area (Å²) >= 11 is 0. The van der Waals surface area contributed by atoms with E-state index in [1.54, 1.807) is 25.1 Å². The normalized spacial score (nSPS) is 11.1. The van der Waals surface area contributed by atoms with Crippen molar-refractivity contribution in [1.29, 1.82) is 0 Å². The molecule has 0 bridgehead atoms. The molecule has 6 nitrogen and oxygen atoms in total. The van der Waals surface area contributed by atoms with Crippen LogP contribution < -0.4 is 15.4 Å². The van der Waals surface area contributed by atoms with Crippen molar-refractivity contribution < 1.29 is 13.2 Å². The Hall–Kier alpha value is -1.60. The van der Waals surface area contributed by atoms with Gasteiger partial charge in [0.05, 0.1) is 5.75 Å². The summed E-state index contributed by atoms with van der Waals surface area (Å²) in [5, 5.41) is 5.88. The minimum Gasteiger partial charge on any atom is -0.351 e. The predicted molar refractivity (Wildman–Crippen MR) is 85.0 cm³/mol. The first kappa shape index (κ1) is 17.5. The van der Waals surface area contributed by atoms with Crippen LogP contribution in [0.4, 0.5) is 5.69 Å². The fraction of sp³-hybridized carbons (Fsp3) is 0.500. The highest BCUT2D eigenvalue weighted by Crippen LogP contribution is 2.12. The number of nitrogens with one attached hydrogen (secondary N) is 3. The van der Waals surface area contributed by atoms with Gasteiger partial charge in [-0.2, -0.15) is 0 Å². The van der Waals surface area contributed by atoms with Crippen molar-refractivity contribution in [1.82, 2.24) is 10.6 Å². The van der Waals surface area contributed by atoms with E-state index < -0.39 is 10.0 Å². The first-order valence-electron chi connectivity index (χ1n) is 7.08. The maximum absolute atomic E-state index is 11.9. The van der Waals surface area contributed by atoms with Crippen LogP contribution in [0.2, 0.25) is 0 Å². The van der Waals surface area contributed by atoms with E-state index in [-0.39, 0.29) is 11.7 Å². The fourth-order valence-corrected chi connectivity index (χ4v) is 2.89. The molecule has 7 heteroatoms. The number of rotatable bonds is 9. The molecule has 0 unspecified atom stereocenters. The van der Waals surface area contributed by atoms with Gasteiger partial charge in [-0.1, -0.05) is 19.9 Å². The molecule has 0 aromatic heterocycles. The van der Waals surface area contributed by atoms with E-state index in [1.807, 2.05) is 6.92 Å². The van der Waals surface area contributed by atoms with Gasteiger partial charge in [-0.3, -0.25) is 9.52 Å². The second-order valence-corrected chi connectivity index (χ2v) is 6.45. The van der Waals surface area contributed by atoms with Gasteiger partial charge in [0.1, 0.15) is 0 Å². The average Bonchev–Trinajstić information content (AvgIpc) is 2.43. The maximum atomic E-state index is 11.9. The number of anilines is 1. The van der Waals surface area contributed by atoms with Crippen molar-refractivity contribution in [2.45, 2.75) is 20.3 Å². The lowest BCUT2D eigenvalue weighted by Crippen LogP contribution is -2.31. The Balaban J connectivity index is 2.65. The van der Waals surface area contributed by atoms with Crippen molar-refractivity contribution in [3.63, 3.8) is 0 Å². The van der Waals surface area contributed by atoms with Crippen molar-refractivity contribution >= 4 is 21.6 Å². The van der Waals surface area contributed by atoms with E-state index in [0.717, 1.165) is 6.54 Å². The SMILES string of the molecule is CCCS(=O)(=O)Nc1cccc(C(=O)NCCNCC)c1. The van der Waals surface area contributed by atoms with Crippen LogP contribution in [0.5, 0.6) is 0 Å². The fourth-order valence-electron chi connectivity index (χ4n) is 1.77. The monoisotopic (exact) mass is 313 g/mol. The summed E-state index contributed by atoms with van der Waals surface area (Å²) < 4.78 is 25.9. The van der Waals surface area contributed by atoms with E-state index in [1.165, 1.54) is 6.07 Å². The van der Waals surface area contributed by atoms with Crippen LogP contribution in [-0.4, -0.2) is 39.7 Å². The van der Waals surface area contributed by atoms with Gasteiger partial charge >= 0.3 is 0 Å². The van der Waals surface area contributed by atoms with Crippen molar-refractivity contribution in [2.75, 3.05) is 30.1 Å². The molecule has 0 spiro atoms. The second-order valence-electron chi connectivity index (χ2n) is 4.61. The maximum Gasteiger partial charge on any atom is 0.251 e. The van der Waals surface area contributed by atoms with Crippen LogP contribution in [-0.2, 0) is 10.0 Å². The molecule has 0 aliphatic rings. The molecule has 1 rings (SSSR count). The Labute approximate surface area is 126 Å². The number of amides is 1. The van der Waals surface area contributed by atoms with Crippen molar-refractivity contribution in [3.05, 3.63) is 29.8 Å². The minimum atomic E-state index is -3.34. The van der Waals surface area contributed by atoms with Crippen LogP contribution in [0.3, 0.4) is 0 Å². The zero-order valence-corrected chi connectivity index (χ0v) is 13.3. The summed E-state index contributed by atoms with van der Waals surface area (Å²) in [5.74, 6) is -0.156. The van der Waals surface area contributed by atoms with Gasteiger partial charge < -0.3 is 10.6 Å². The number of carbonyl (C=O) groups excluding carboxylic acids is 1. The molecule has 3 N–H and O–H groups in total. The summed E-state index contributed by atoms with van der Waals surface area (Å²) in [6, 6.07) is 6.47. The summed E-state index contributed by atoms with van der Waals surface area (Å²) in [7, 11) is -3.34. The third-order valence-corrected chi connectivity index (χ3v) is 4.20. The second kappa shape index (κ2) is 8.63. The van der Waals surface area contributed by atoms with Crippen LogP contribution in [0, 0.1) is 0 Å². The molecule has 1 aromatic carbocycles. The first-order chi connectivity index (χ1) is 9.98.